The lowest BCUT2D eigenvalue weighted by Gasteiger charge is -2.41. The molecule has 0 unspecified atom stereocenters. The van der Waals surface area contributed by atoms with Gasteiger partial charge in [0.25, 0.3) is 11.2 Å². The van der Waals surface area contributed by atoms with Crippen LogP contribution in [0, 0.1) is 26.6 Å². The summed E-state index contributed by atoms with van der Waals surface area (Å²) in [4.78, 5) is 28.7. The summed E-state index contributed by atoms with van der Waals surface area (Å²) in [5.41, 5.74) is 0.825. The second-order valence-corrected chi connectivity index (χ2v) is 9.25. The largest absolute Gasteiger partial charge is 0.343 e. The molecule has 0 amide bonds. The first kappa shape index (κ1) is 23.7. The lowest BCUT2D eigenvalue weighted by Crippen LogP contribution is -2.45. The Morgan fingerprint density at radius 3 is 2.46 bits per heavy atom. The molecule has 2 aliphatic heterocycles. The number of aromatic amines is 1. The molecule has 5 rings (SSSR count). The third-order valence-electron chi connectivity index (χ3n) is 6.90. The van der Waals surface area contributed by atoms with E-state index in [1.165, 1.54) is 34.9 Å². The number of hydrogen-bond donors (Lipinski definition) is 1. The number of benzene rings is 2. The molecular weight excluding hydrogens is 475 g/mol. The van der Waals surface area contributed by atoms with Gasteiger partial charge in [-0.15, -0.1) is 0 Å². The van der Waals surface area contributed by atoms with E-state index in [0.29, 0.717) is 37.2 Å². The summed E-state index contributed by atoms with van der Waals surface area (Å²) in [6.07, 6.45) is 1.67. The van der Waals surface area contributed by atoms with Crippen molar-refractivity contribution < 1.29 is 18.8 Å². The highest BCUT2D eigenvalue weighted by molar-refractivity contribution is 7.71. The standard InChI is InChI=1S/C24H25FN4O5S/c25-18-3-1-16(2-4-18)24(33-13-14-34-24)17-7-9-27(10-8-17)11-12-28-22(30)20-6-5-19(29(31)32)15-21(20)26-23(28)35/h1-6,15,17H,7-14H2,(H,26,35). The highest BCUT2D eigenvalue weighted by atomic mass is 32.1. The summed E-state index contributed by atoms with van der Waals surface area (Å²) in [5.74, 6) is -1.01. The summed E-state index contributed by atoms with van der Waals surface area (Å²) in [7, 11) is 0. The summed E-state index contributed by atoms with van der Waals surface area (Å²) in [6, 6.07) is 10.4. The van der Waals surface area contributed by atoms with Gasteiger partial charge in [0.15, 0.2) is 10.6 Å². The number of hydrogen-bond acceptors (Lipinski definition) is 7. The molecule has 2 saturated heterocycles. The SMILES string of the molecule is O=c1c2ccc([N+](=O)[O-])cc2[nH]c(=S)n1CCN1CCC(C2(c3ccc(F)cc3)OCCO2)CC1. The number of nitrogens with one attached hydrogen (secondary N) is 1. The Labute approximate surface area is 205 Å². The van der Waals surface area contributed by atoms with Gasteiger partial charge in [0.2, 0.25) is 0 Å². The van der Waals surface area contributed by atoms with Gasteiger partial charge in [-0.25, -0.2) is 4.39 Å². The van der Waals surface area contributed by atoms with Crippen LogP contribution in [0.25, 0.3) is 10.9 Å². The minimum absolute atomic E-state index is 0.100. The first-order valence-electron chi connectivity index (χ1n) is 11.5. The molecule has 0 atom stereocenters. The zero-order valence-electron chi connectivity index (χ0n) is 18.9. The molecule has 184 valence electrons. The van der Waals surface area contributed by atoms with E-state index >= 15 is 0 Å². The fraction of sp³-hybridized carbons (Fsp3) is 0.417. The number of nitro groups is 1. The second kappa shape index (κ2) is 9.57. The maximum absolute atomic E-state index is 13.5. The van der Waals surface area contributed by atoms with Crippen LogP contribution in [0.15, 0.2) is 47.3 Å². The molecule has 1 aromatic heterocycles. The minimum atomic E-state index is -0.847. The third kappa shape index (κ3) is 4.52. The number of aromatic nitrogens is 2. The lowest BCUT2D eigenvalue weighted by molar-refractivity contribution is -0.384. The van der Waals surface area contributed by atoms with Crippen LogP contribution in [0.1, 0.15) is 18.4 Å². The predicted octanol–water partition coefficient (Wildman–Crippen LogP) is 3.72. The zero-order valence-corrected chi connectivity index (χ0v) is 19.8. The van der Waals surface area contributed by atoms with Crippen molar-refractivity contribution in [1.29, 1.82) is 0 Å². The average Bonchev–Trinajstić information content (AvgIpc) is 3.35. The van der Waals surface area contributed by atoms with Gasteiger partial charge < -0.3 is 19.4 Å². The van der Waals surface area contributed by atoms with Crippen LogP contribution in [0.4, 0.5) is 10.1 Å². The molecule has 0 bridgehead atoms. The van der Waals surface area contributed by atoms with Crippen LogP contribution in [-0.4, -0.2) is 52.2 Å². The summed E-state index contributed by atoms with van der Waals surface area (Å²) in [6.45, 7) is 3.64. The maximum atomic E-state index is 13.5. The molecule has 0 radical (unpaired) electrons. The summed E-state index contributed by atoms with van der Waals surface area (Å²) < 4.78 is 27.4. The van der Waals surface area contributed by atoms with Crippen LogP contribution >= 0.6 is 12.2 Å². The number of piperidine rings is 1. The molecule has 2 aromatic carbocycles. The molecule has 0 spiro atoms. The van der Waals surface area contributed by atoms with Crippen LogP contribution in [0.5, 0.6) is 0 Å². The van der Waals surface area contributed by atoms with E-state index in [-0.39, 0.29) is 27.8 Å². The molecule has 1 N–H and O–H groups in total. The lowest BCUT2D eigenvalue weighted by atomic mass is 9.84. The van der Waals surface area contributed by atoms with Gasteiger partial charge in [-0.1, -0.05) is 12.1 Å². The van der Waals surface area contributed by atoms with E-state index in [1.807, 2.05) is 0 Å². The van der Waals surface area contributed by atoms with Crippen LogP contribution in [0.3, 0.4) is 0 Å². The van der Waals surface area contributed by atoms with Gasteiger partial charge in [-0.3, -0.25) is 19.5 Å². The number of fused-ring (bicyclic) bond motifs is 1. The normalized spacial score (nSPS) is 18.8. The van der Waals surface area contributed by atoms with E-state index in [9.17, 15) is 19.3 Å². The van der Waals surface area contributed by atoms with E-state index in [2.05, 4.69) is 9.88 Å². The molecule has 3 heterocycles. The van der Waals surface area contributed by atoms with Crippen molar-refractivity contribution >= 4 is 28.8 Å². The van der Waals surface area contributed by atoms with Crippen molar-refractivity contribution in [2.45, 2.75) is 25.2 Å². The Balaban J connectivity index is 1.27. The van der Waals surface area contributed by atoms with Crippen LogP contribution in [-0.2, 0) is 21.8 Å². The molecule has 11 heteroatoms. The average molecular weight is 501 g/mol. The van der Waals surface area contributed by atoms with Gasteiger partial charge >= 0.3 is 0 Å². The Kier molecular flexibility index (Phi) is 6.49. The number of ether oxygens (including phenoxy) is 2. The predicted molar refractivity (Wildman–Crippen MR) is 129 cm³/mol. The van der Waals surface area contributed by atoms with E-state index in [1.54, 1.807) is 12.1 Å². The fourth-order valence-electron chi connectivity index (χ4n) is 5.09. The smallest absolute Gasteiger partial charge is 0.271 e. The van der Waals surface area contributed by atoms with Crippen molar-refractivity contribution in [2.75, 3.05) is 32.8 Å². The number of likely N-dealkylation sites (tertiary alicyclic amines) is 1. The number of non-ortho nitro benzene ring substituents is 1. The topological polar surface area (TPSA) is 103 Å². The number of nitro benzene ring substituents is 1. The first-order valence-corrected chi connectivity index (χ1v) is 12.0. The summed E-state index contributed by atoms with van der Waals surface area (Å²) >= 11 is 5.37. The fourth-order valence-corrected chi connectivity index (χ4v) is 5.37. The number of H-pyrrole nitrogens is 1. The molecule has 3 aromatic rings. The number of nitrogens with zero attached hydrogens (tertiary/aromatic N) is 3. The Hall–Kier alpha value is -2.99. The van der Waals surface area contributed by atoms with Crippen LogP contribution in [0.2, 0.25) is 0 Å². The van der Waals surface area contributed by atoms with Crippen molar-refractivity contribution in [3.8, 4) is 0 Å². The third-order valence-corrected chi connectivity index (χ3v) is 7.23. The second-order valence-electron chi connectivity index (χ2n) is 8.86. The van der Waals surface area contributed by atoms with Crippen molar-refractivity contribution in [3.05, 3.63) is 79.1 Å². The highest BCUT2D eigenvalue weighted by Gasteiger charge is 2.46. The molecule has 2 aliphatic rings. The van der Waals surface area contributed by atoms with Crippen LogP contribution < -0.4 is 5.56 Å². The number of rotatable bonds is 6. The summed E-state index contributed by atoms with van der Waals surface area (Å²) in [5, 5.41) is 11.4. The van der Waals surface area contributed by atoms with Gasteiger partial charge in [0.1, 0.15) is 5.82 Å². The molecule has 0 saturated carbocycles. The molecule has 9 nitrogen and oxygen atoms in total. The minimum Gasteiger partial charge on any atom is -0.343 e. The van der Waals surface area contributed by atoms with Gasteiger partial charge in [0, 0.05) is 36.7 Å². The molecular formula is C24H25FN4O5S. The quantitative estimate of drug-likeness (QED) is 0.313. The monoisotopic (exact) mass is 500 g/mol. The molecule has 0 aliphatic carbocycles. The first-order chi connectivity index (χ1) is 16.9. The van der Waals surface area contributed by atoms with Crippen molar-refractivity contribution in [2.24, 2.45) is 5.92 Å². The maximum Gasteiger partial charge on any atom is 0.271 e. The highest BCUT2D eigenvalue weighted by Crippen LogP contribution is 2.43. The van der Waals surface area contributed by atoms with Gasteiger partial charge in [-0.05, 0) is 56.3 Å². The van der Waals surface area contributed by atoms with Crippen molar-refractivity contribution in [1.82, 2.24) is 14.5 Å². The van der Waals surface area contributed by atoms with E-state index in [0.717, 1.165) is 31.5 Å². The van der Waals surface area contributed by atoms with E-state index < -0.39 is 10.7 Å². The van der Waals surface area contributed by atoms with Gasteiger partial charge in [0.05, 0.1) is 29.0 Å². The van der Waals surface area contributed by atoms with Crippen molar-refractivity contribution in [3.63, 3.8) is 0 Å². The Morgan fingerprint density at radius 2 is 1.80 bits per heavy atom. The molecule has 35 heavy (non-hydrogen) atoms. The Morgan fingerprint density at radius 1 is 1.11 bits per heavy atom. The molecule has 2 fully saturated rings. The van der Waals surface area contributed by atoms with E-state index in [4.69, 9.17) is 21.7 Å². The zero-order chi connectivity index (χ0) is 24.6. The number of halogens is 1. The Bertz CT molecular complexity index is 1360. The van der Waals surface area contributed by atoms with Gasteiger partial charge in [-0.2, -0.15) is 0 Å².